The number of thiazole rings is 1. The summed E-state index contributed by atoms with van der Waals surface area (Å²) in [5, 5.41) is 13.8. The van der Waals surface area contributed by atoms with Crippen LogP contribution in [0.1, 0.15) is 32.1 Å². The third-order valence-corrected chi connectivity index (χ3v) is 5.04. The van der Waals surface area contributed by atoms with Crippen LogP contribution in [-0.2, 0) is 4.74 Å². The van der Waals surface area contributed by atoms with E-state index in [9.17, 15) is 19.7 Å². The van der Waals surface area contributed by atoms with E-state index in [2.05, 4.69) is 4.98 Å². The molecule has 2 heterocycles. The van der Waals surface area contributed by atoms with E-state index in [0.717, 1.165) is 23.0 Å². The summed E-state index contributed by atoms with van der Waals surface area (Å²) >= 11 is 7.24. The van der Waals surface area contributed by atoms with Crippen molar-refractivity contribution < 1.29 is 19.2 Å². The van der Waals surface area contributed by atoms with Crippen LogP contribution in [0.25, 0.3) is 5.13 Å². The fourth-order valence-corrected chi connectivity index (χ4v) is 3.71. The molecular formula is C18H14ClN3O5S. The summed E-state index contributed by atoms with van der Waals surface area (Å²) in [6, 6.07) is 5.24. The smallest absolute Gasteiger partial charge is 0.345 e. The molecule has 0 spiro atoms. The van der Waals surface area contributed by atoms with E-state index < -0.39 is 29.0 Å². The Labute approximate surface area is 168 Å². The van der Waals surface area contributed by atoms with Gasteiger partial charge in [-0.2, -0.15) is 0 Å². The molecule has 0 atom stereocenters. The number of carbonyl (C=O) groups excluding carboxylic acids is 2. The van der Waals surface area contributed by atoms with E-state index in [-0.39, 0.29) is 10.6 Å². The molecule has 0 saturated heterocycles. The molecule has 28 heavy (non-hydrogen) atoms. The topological polar surface area (TPSA) is 104 Å². The molecule has 0 radical (unpaired) electrons. The lowest BCUT2D eigenvalue weighted by atomic mass is 10.1. The van der Waals surface area contributed by atoms with Crippen LogP contribution in [0.2, 0.25) is 5.02 Å². The van der Waals surface area contributed by atoms with Crippen LogP contribution >= 0.6 is 22.9 Å². The first-order chi connectivity index (χ1) is 13.3. The minimum Gasteiger partial charge on any atom is -0.454 e. The van der Waals surface area contributed by atoms with Gasteiger partial charge >= 0.3 is 5.97 Å². The van der Waals surface area contributed by atoms with E-state index in [4.69, 9.17) is 16.3 Å². The number of ketones is 1. The van der Waals surface area contributed by atoms with Crippen molar-refractivity contribution in [3.8, 4) is 5.13 Å². The van der Waals surface area contributed by atoms with E-state index >= 15 is 0 Å². The molecule has 0 fully saturated rings. The van der Waals surface area contributed by atoms with Crippen molar-refractivity contribution in [2.75, 3.05) is 6.61 Å². The summed E-state index contributed by atoms with van der Waals surface area (Å²) < 4.78 is 6.85. The molecule has 0 saturated carbocycles. The van der Waals surface area contributed by atoms with E-state index in [1.807, 2.05) is 16.9 Å². The van der Waals surface area contributed by atoms with Crippen molar-refractivity contribution in [3.63, 3.8) is 0 Å². The number of nitrogens with zero attached hydrogens (tertiary/aromatic N) is 3. The van der Waals surface area contributed by atoms with Crippen LogP contribution in [0.15, 0.2) is 35.8 Å². The molecule has 0 amide bonds. The van der Waals surface area contributed by atoms with Gasteiger partial charge in [-0.1, -0.05) is 11.6 Å². The summed E-state index contributed by atoms with van der Waals surface area (Å²) in [5.74, 6) is -1.41. The maximum absolute atomic E-state index is 12.6. The van der Waals surface area contributed by atoms with E-state index in [0.29, 0.717) is 11.3 Å². The third kappa shape index (κ3) is 3.80. The zero-order valence-corrected chi connectivity index (χ0v) is 16.4. The van der Waals surface area contributed by atoms with Gasteiger partial charge in [0.05, 0.1) is 4.92 Å². The van der Waals surface area contributed by atoms with Crippen molar-refractivity contribution in [3.05, 3.63) is 73.5 Å². The van der Waals surface area contributed by atoms with Crippen molar-refractivity contribution in [1.82, 2.24) is 9.55 Å². The molecule has 3 aromatic rings. The summed E-state index contributed by atoms with van der Waals surface area (Å²) in [6.07, 6.45) is 1.67. The standard InChI is InChI=1S/C18H14ClN3O5S/c1-10-7-13(11(2)21(10)18-20-5-6-28-18)16(23)9-27-17(24)14-8-12(19)3-4-15(14)22(25)26/h3-8H,9H2,1-2H3. The predicted octanol–water partition coefficient (Wildman–Crippen LogP) is 4.15. The molecule has 3 rings (SSSR count). The predicted molar refractivity (Wildman–Crippen MR) is 104 cm³/mol. The first kappa shape index (κ1) is 19.7. The molecule has 144 valence electrons. The Morgan fingerprint density at radius 1 is 1.29 bits per heavy atom. The largest absolute Gasteiger partial charge is 0.454 e. The zero-order chi connectivity index (χ0) is 20.4. The molecule has 0 N–H and O–H groups in total. The molecule has 2 aromatic heterocycles. The van der Waals surface area contributed by atoms with Gasteiger partial charge in [0, 0.05) is 39.6 Å². The number of rotatable bonds is 6. The molecular weight excluding hydrogens is 406 g/mol. The normalized spacial score (nSPS) is 10.7. The van der Waals surface area contributed by atoms with Gasteiger partial charge in [0.2, 0.25) is 5.78 Å². The summed E-state index contributed by atoms with van der Waals surface area (Å²) in [7, 11) is 0. The number of nitro groups is 1. The number of aryl methyl sites for hydroxylation is 1. The highest BCUT2D eigenvalue weighted by Crippen LogP contribution is 2.25. The average molecular weight is 420 g/mol. The highest BCUT2D eigenvalue weighted by Gasteiger charge is 2.24. The second kappa shape index (κ2) is 7.91. The Morgan fingerprint density at radius 3 is 2.68 bits per heavy atom. The fourth-order valence-electron chi connectivity index (χ4n) is 2.78. The minimum atomic E-state index is -0.990. The number of benzene rings is 1. The van der Waals surface area contributed by atoms with E-state index in [1.165, 1.54) is 17.4 Å². The lowest BCUT2D eigenvalue weighted by Gasteiger charge is -2.07. The first-order valence-corrected chi connectivity index (χ1v) is 9.28. The Hall–Kier alpha value is -3.04. The van der Waals surface area contributed by atoms with Crippen LogP contribution in [0.5, 0.6) is 0 Å². The van der Waals surface area contributed by atoms with E-state index in [1.54, 1.807) is 19.2 Å². The molecule has 0 aliphatic rings. The highest BCUT2D eigenvalue weighted by atomic mass is 35.5. The number of aromatic nitrogens is 2. The van der Waals surface area contributed by atoms with Crippen molar-refractivity contribution in [2.24, 2.45) is 0 Å². The number of carbonyl (C=O) groups is 2. The lowest BCUT2D eigenvalue weighted by Crippen LogP contribution is -2.16. The average Bonchev–Trinajstić information content (AvgIpc) is 3.26. The summed E-state index contributed by atoms with van der Waals surface area (Å²) in [6.45, 7) is 3.06. The zero-order valence-electron chi connectivity index (χ0n) is 14.8. The Morgan fingerprint density at radius 2 is 2.04 bits per heavy atom. The summed E-state index contributed by atoms with van der Waals surface area (Å²) in [5.41, 5.74) is 1.12. The Balaban J connectivity index is 1.79. The van der Waals surface area contributed by atoms with Gasteiger partial charge in [-0.25, -0.2) is 9.78 Å². The van der Waals surface area contributed by atoms with Gasteiger partial charge in [-0.3, -0.25) is 19.5 Å². The van der Waals surface area contributed by atoms with Gasteiger partial charge < -0.3 is 4.74 Å². The molecule has 0 aliphatic carbocycles. The number of Topliss-reactive ketones (excluding diaryl/α,β-unsaturated/α-hetero) is 1. The molecule has 8 nitrogen and oxygen atoms in total. The Bertz CT molecular complexity index is 1080. The number of hydrogen-bond acceptors (Lipinski definition) is 7. The van der Waals surface area contributed by atoms with Gasteiger partial charge in [-0.15, -0.1) is 11.3 Å². The van der Waals surface area contributed by atoms with Gasteiger partial charge in [0.1, 0.15) is 5.56 Å². The molecule has 0 bridgehead atoms. The van der Waals surface area contributed by atoms with Crippen molar-refractivity contribution in [2.45, 2.75) is 13.8 Å². The number of ether oxygens (including phenoxy) is 1. The lowest BCUT2D eigenvalue weighted by molar-refractivity contribution is -0.385. The molecule has 1 aromatic carbocycles. The SMILES string of the molecule is Cc1cc(C(=O)COC(=O)c2cc(Cl)ccc2[N+](=O)[O-])c(C)n1-c1nccs1. The quantitative estimate of drug-likeness (QED) is 0.257. The fraction of sp³-hybridized carbons (Fsp3) is 0.167. The number of nitro benzene ring substituents is 1. The Kier molecular flexibility index (Phi) is 5.57. The number of halogens is 1. The maximum Gasteiger partial charge on any atom is 0.345 e. The van der Waals surface area contributed by atoms with Crippen molar-refractivity contribution >= 4 is 40.4 Å². The van der Waals surface area contributed by atoms with Crippen molar-refractivity contribution in [1.29, 1.82) is 0 Å². The molecule has 10 heteroatoms. The second-order valence-corrected chi connectivity index (χ2v) is 7.16. The van der Waals surface area contributed by atoms with Crippen LogP contribution in [0.3, 0.4) is 0 Å². The van der Waals surface area contributed by atoms with Crippen LogP contribution in [0, 0.1) is 24.0 Å². The molecule has 0 unspecified atom stereocenters. The summed E-state index contributed by atoms with van der Waals surface area (Å²) in [4.78, 5) is 39.4. The van der Waals surface area contributed by atoms with Crippen LogP contribution in [-0.4, -0.2) is 32.8 Å². The monoisotopic (exact) mass is 419 g/mol. The molecule has 0 aliphatic heterocycles. The third-order valence-electron chi connectivity index (χ3n) is 4.05. The second-order valence-electron chi connectivity index (χ2n) is 5.85. The maximum atomic E-state index is 12.6. The van der Waals surface area contributed by atoms with Gasteiger partial charge in [0.25, 0.3) is 5.69 Å². The first-order valence-electron chi connectivity index (χ1n) is 8.02. The van der Waals surface area contributed by atoms with Crippen LogP contribution in [0.4, 0.5) is 5.69 Å². The number of esters is 1. The van der Waals surface area contributed by atoms with Gasteiger partial charge in [-0.05, 0) is 32.0 Å². The minimum absolute atomic E-state index is 0.149. The highest BCUT2D eigenvalue weighted by molar-refractivity contribution is 7.12. The van der Waals surface area contributed by atoms with Gasteiger partial charge in [0.15, 0.2) is 11.7 Å². The number of hydrogen-bond donors (Lipinski definition) is 0. The van der Waals surface area contributed by atoms with Crippen LogP contribution < -0.4 is 0 Å².